The van der Waals surface area contributed by atoms with Crippen LogP contribution in [0.3, 0.4) is 0 Å². The van der Waals surface area contributed by atoms with Crippen LogP contribution in [0.2, 0.25) is 0 Å². The number of rotatable bonds is 5. The maximum absolute atomic E-state index is 10.6. The van der Waals surface area contributed by atoms with Gasteiger partial charge in [0.15, 0.2) is 0 Å². The predicted molar refractivity (Wildman–Crippen MR) is 71.0 cm³/mol. The van der Waals surface area contributed by atoms with E-state index in [1.54, 1.807) is 6.20 Å². The van der Waals surface area contributed by atoms with Crippen LogP contribution >= 0.6 is 0 Å². The van der Waals surface area contributed by atoms with Gasteiger partial charge in [0.1, 0.15) is 11.4 Å². The van der Waals surface area contributed by atoms with Crippen LogP contribution in [0.25, 0.3) is 0 Å². The molecule has 1 aromatic carbocycles. The molecule has 1 unspecified atom stereocenters. The van der Waals surface area contributed by atoms with Crippen molar-refractivity contribution < 1.29 is 5.11 Å². The molecule has 2 aromatic rings. The van der Waals surface area contributed by atoms with Crippen molar-refractivity contribution in [3.05, 3.63) is 54.1 Å². The third-order valence-electron chi connectivity index (χ3n) is 3.34. The Kier molecular flexibility index (Phi) is 3.79. The highest BCUT2D eigenvalue weighted by Crippen LogP contribution is 2.24. The molecule has 0 amide bonds. The van der Waals surface area contributed by atoms with Crippen LogP contribution in [0, 0.1) is 6.92 Å². The van der Waals surface area contributed by atoms with Gasteiger partial charge in [-0.3, -0.25) is 0 Å². The van der Waals surface area contributed by atoms with Crippen molar-refractivity contribution in [3.8, 4) is 0 Å². The van der Waals surface area contributed by atoms with Gasteiger partial charge in [-0.15, -0.1) is 0 Å². The maximum atomic E-state index is 10.6. The van der Waals surface area contributed by atoms with Crippen molar-refractivity contribution in [3.63, 3.8) is 0 Å². The molecule has 0 saturated carbocycles. The van der Waals surface area contributed by atoms with E-state index in [4.69, 9.17) is 5.73 Å². The van der Waals surface area contributed by atoms with E-state index >= 15 is 0 Å². The lowest BCUT2D eigenvalue weighted by molar-refractivity contribution is 0.0321. The highest BCUT2D eigenvalue weighted by Gasteiger charge is 2.27. The zero-order chi connectivity index (χ0) is 13.0. The van der Waals surface area contributed by atoms with Crippen LogP contribution in [0.1, 0.15) is 17.8 Å². The number of imidazole rings is 1. The summed E-state index contributed by atoms with van der Waals surface area (Å²) in [5, 5.41) is 10.6. The van der Waals surface area contributed by atoms with Crippen molar-refractivity contribution >= 4 is 0 Å². The minimum absolute atomic E-state index is 0.213. The fourth-order valence-electron chi connectivity index (χ4n) is 2.06. The number of benzene rings is 1. The van der Waals surface area contributed by atoms with E-state index in [0.29, 0.717) is 13.0 Å². The van der Waals surface area contributed by atoms with E-state index < -0.39 is 5.60 Å². The van der Waals surface area contributed by atoms with Gasteiger partial charge in [0, 0.05) is 25.5 Å². The average molecular weight is 245 g/mol. The van der Waals surface area contributed by atoms with Crippen molar-refractivity contribution in [1.29, 1.82) is 0 Å². The zero-order valence-electron chi connectivity index (χ0n) is 10.6. The summed E-state index contributed by atoms with van der Waals surface area (Å²) >= 11 is 0. The summed E-state index contributed by atoms with van der Waals surface area (Å²) in [6, 6.07) is 9.58. The molecular weight excluding hydrogens is 226 g/mol. The second kappa shape index (κ2) is 5.33. The maximum Gasteiger partial charge on any atom is 0.105 e. The van der Waals surface area contributed by atoms with Gasteiger partial charge in [0.2, 0.25) is 0 Å². The first-order valence-corrected chi connectivity index (χ1v) is 6.11. The predicted octanol–water partition coefficient (Wildman–Crippen LogP) is 1.43. The number of aryl methyl sites for hydroxylation is 2. The molecule has 1 aromatic heterocycles. The molecule has 18 heavy (non-hydrogen) atoms. The summed E-state index contributed by atoms with van der Waals surface area (Å²) in [5.74, 6) is 0.947. The first kappa shape index (κ1) is 12.8. The quantitative estimate of drug-likeness (QED) is 0.837. The second-order valence-corrected chi connectivity index (χ2v) is 4.52. The van der Waals surface area contributed by atoms with Crippen molar-refractivity contribution in [2.45, 2.75) is 25.5 Å². The molecular formula is C14H19N3O. The smallest absolute Gasteiger partial charge is 0.105 e. The molecule has 0 aliphatic rings. The topological polar surface area (TPSA) is 64.1 Å². The summed E-state index contributed by atoms with van der Waals surface area (Å²) < 4.78 is 2.02. The summed E-state index contributed by atoms with van der Waals surface area (Å²) in [6.45, 7) is 2.86. The highest BCUT2D eigenvalue weighted by molar-refractivity contribution is 5.22. The molecule has 0 radical (unpaired) electrons. The van der Waals surface area contributed by atoms with E-state index in [9.17, 15) is 5.11 Å². The first-order valence-electron chi connectivity index (χ1n) is 6.11. The van der Waals surface area contributed by atoms with Crippen LogP contribution in [0.5, 0.6) is 0 Å². The lowest BCUT2D eigenvalue weighted by Crippen LogP contribution is -2.36. The Morgan fingerprint density at radius 2 is 2.06 bits per heavy atom. The van der Waals surface area contributed by atoms with E-state index in [0.717, 1.165) is 11.4 Å². The van der Waals surface area contributed by atoms with Gasteiger partial charge in [0.25, 0.3) is 0 Å². The number of aliphatic hydroxyl groups is 1. The molecule has 1 atom stereocenters. The molecule has 0 saturated heterocycles. The minimum atomic E-state index is -0.974. The molecule has 0 fully saturated rings. The van der Waals surface area contributed by atoms with Crippen molar-refractivity contribution in [2.75, 3.05) is 6.54 Å². The molecule has 0 aliphatic heterocycles. The molecule has 1 heterocycles. The molecule has 96 valence electrons. The summed E-state index contributed by atoms with van der Waals surface area (Å²) in [5.41, 5.74) is 5.63. The van der Waals surface area contributed by atoms with Gasteiger partial charge in [-0.05, 0) is 18.9 Å². The fraction of sp³-hybridized carbons (Fsp3) is 0.357. The lowest BCUT2D eigenvalue weighted by Gasteiger charge is -2.27. The number of hydrogen-bond acceptors (Lipinski definition) is 3. The Hall–Kier alpha value is -1.65. The van der Waals surface area contributed by atoms with E-state index in [-0.39, 0.29) is 6.54 Å². The molecule has 0 spiro atoms. The van der Waals surface area contributed by atoms with Crippen molar-refractivity contribution in [1.82, 2.24) is 9.55 Å². The molecule has 4 nitrogen and oxygen atoms in total. The molecule has 2 rings (SSSR count). The Morgan fingerprint density at radius 1 is 1.33 bits per heavy atom. The minimum Gasteiger partial charge on any atom is -0.384 e. The monoisotopic (exact) mass is 245 g/mol. The highest BCUT2D eigenvalue weighted by atomic mass is 16.3. The average Bonchev–Trinajstić information content (AvgIpc) is 2.83. The van der Waals surface area contributed by atoms with E-state index in [1.165, 1.54) is 0 Å². The third kappa shape index (κ3) is 2.60. The van der Waals surface area contributed by atoms with Crippen LogP contribution < -0.4 is 5.73 Å². The van der Waals surface area contributed by atoms with Gasteiger partial charge in [-0.1, -0.05) is 30.3 Å². The lowest BCUT2D eigenvalue weighted by atomic mass is 9.90. The summed E-state index contributed by atoms with van der Waals surface area (Å²) in [4.78, 5) is 4.17. The van der Waals surface area contributed by atoms with E-state index in [2.05, 4.69) is 4.98 Å². The van der Waals surface area contributed by atoms with E-state index in [1.807, 2.05) is 48.0 Å². The van der Waals surface area contributed by atoms with Crippen LogP contribution in [-0.2, 0) is 12.1 Å². The second-order valence-electron chi connectivity index (χ2n) is 4.52. The number of hydrogen-bond donors (Lipinski definition) is 2. The van der Waals surface area contributed by atoms with Gasteiger partial charge >= 0.3 is 0 Å². The molecule has 3 N–H and O–H groups in total. The number of aromatic nitrogens is 2. The Bertz CT molecular complexity index is 495. The largest absolute Gasteiger partial charge is 0.384 e. The fourth-order valence-corrected chi connectivity index (χ4v) is 2.06. The first-order chi connectivity index (χ1) is 8.65. The molecule has 0 aliphatic carbocycles. The summed E-state index contributed by atoms with van der Waals surface area (Å²) in [7, 11) is 0. The Labute approximate surface area is 107 Å². The molecule has 4 heteroatoms. The number of nitrogens with zero attached hydrogens (tertiary/aromatic N) is 2. The van der Waals surface area contributed by atoms with Gasteiger partial charge in [-0.2, -0.15) is 0 Å². The normalized spacial score (nSPS) is 14.4. The van der Waals surface area contributed by atoms with Gasteiger partial charge in [-0.25, -0.2) is 4.98 Å². The van der Waals surface area contributed by atoms with Crippen LogP contribution in [0.15, 0.2) is 42.7 Å². The van der Waals surface area contributed by atoms with Crippen molar-refractivity contribution in [2.24, 2.45) is 5.73 Å². The number of nitrogens with two attached hydrogens (primary N) is 1. The van der Waals surface area contributed by atoms with Gasteiger partial charge in [0.05, 0.1) is 0 Å². The van der Waals surface area contributed by atoms with Crippen LogP contribution in [0.4, 0.5) is 0 Å². The summed E-state index contributed by atoms with van der Waals surface area (Å²) in [6.07, 6.45) is 4.25. The zero-order valence-corrected chi connectivity index (χ0v) is 10.6. The Morgan fingerprint density at radius 3 is 2.61 bits per heavy atom. The molecule has 0 bridgehead atoms. The van der Waals surface area contributed by atoms with Crippen LogP contribution in [-0.4, -0.2) is 21.2 Å². The van der Waals surface area contributed by atoms with Gasteiger partial charge < -0.3 is 15.4 Å². The standard InChI is InChI=1S/C14H19N3O/c1-12-16-8-10-17(12)9-7-14(18,11-15)13-5-3-2-4-6-13/h2-6,8,10,18H,7,9,11,15H2,1H3. The SMILES string of the molecule is Cc1nccn1CCC(O)(CN)c1ccccc1. The Balaban J connectivity index is 2.12. The third-order valence-corrected chi connectivity index (χ3v) is 3.34.